The fourth-order valence-electron chi connectivity index (χ4n) is 2.07. The van der Waals surface area contributed by atoms with Gasteiger partial charge in [0.15, 0.2) is 5.78 Å². The molecule has 21 heavy (non-hydrogen) atoms. The van der Waals surface area contributed by atoms with E-state index in [0.29, 0.717) is 16.1 Å². The molecule has 0 saturated carbocycles. The molecule has 0 spiro atoms. The first-order chi connectivity index (χ1) is 9.93. The van der Waals surface area contributed by atoms with Crippen LogP contribution >= 0.6 is 27.5 Å². The third-order valence-electron chi connectivity index (χ3n) is 3.45. The van der Waals surface area contributed by atoms with Crippen LogP contribution < -0.4 is 0 Å². The van der Waals surface area contributed by atoms with E-state index in [4.69, 9.17) is 11.6 Å². The fourth-order valence-corrected chi connectivity index (χ4v) is 2.64. The van der Waals surface area contributed by atoms with Crippen LogP contribution in [0.2, 0.25) is 5.02 Å². The lowest BCUT2D eigenvalue weighted by molar-refractivity contribution is 0.0979. The number of rotatable bonds is 3. The molecule has 0 heterocycles. The normalized spacial score (nSPS) is 11.8. The Labute approximate surface area is 137 Å². The van der Waals surface area contributed by atoms with Gasteiger partial charge in [-0.15, -0.1) is 0 Å². The van der Waals surface area contributed by atoms with Crippen molar-refractivity contribution in [3.63, 3.8) is 0 Å². The van der Waals surface area contributed by atoms with Crippen molar-refractivity contribution >= 4 is 33.3 Å². The molecule has 0 radical (unpaired) electrons. The van der Waals surface area contributed by atoms with Crippen LogP contribution in [0.3, 0.4) is 0 Å². The summed E-state index contributed by atoms with van der Waals surface area (Å²) in [5, 5.41) is 9.76. The molecule has 0 bridgehead atoms. The van der Waals surface area contributed by atoms with E-state index < -0.39 is 5.92 Å². The minimum absolute atomic E-state index is 0.285. The van der Waals surface area contributed by atoms with Gasteiger partial charge in [0.05, 0.1) is 11.1 Å². The summed E-state index contributed by atoms with van der Waals surface area (Å²) in [6.45, 7) is 3.96. The standard InChI is InChI=1S/C17H13BrClNO/c1-10-3-4-12(7-11(10)2)15(9-20)17(21)14-8-13(18)5-6-16(14)19/h3-8,15H,1-2H3. The number of aryl methyl sites for hydroxylation is 2. The van der Waals surface area contributed by atoms with Crippen molar-refractivity contribution in [2.24, 2.45) is 0 Å². The average Bonchev–Trinajstić information content (AvgIpc) is 2.46. The molecule has 4 heteroatoms. The van der Waals surface area contributed by atoms with Crippen molar-refractivity contribution in [1.82, 2.24) is 0 Å². The van der Waals surface area contributed by atoms with Gasteiger partial charge in [-0.1, -0.05) is 45.7 Å². The maximum absolute atomic E-state index is 12.6. The lowest BCUT2D eigenvalue weighted by Crippen LogP contribution is -2.12. The van der Waals surface area contributed by atoms with Gasteiger partial charge >= 0.3 is 0 Å². The summed E-state index contributed by atoms with van der Waals surface area (Å²) in [6, 6.07) is 12.8. The predicted octanol–water partition coefficient (Wildman–Crippen LogP) is 5.21. The lowest BCUT2D eigenvalue weighted by Gasteiger charge is -2.12. The number of carbonyl (C=O) groups excluding carboxylic acids is 1. The van der Waals surface area contributed by atoms with E-state index in [-0.39, 0.29) is 5.78 Å². The van der Waals surface area contributed by atoms with E-state index in [2.05, 4.69) is 22.0 Å². The third kappa shape index (κ3) is 3.34. The summed E-state index contributed by atoms with van der Waals surface area (Å²) >= 11 is 9.40. The number of Topliss-reactive ketones (excluding diaryl/α,β-unsaturated/α-hetero) is 1. The van der Waals surface area contributed by atoms with Gasteiger partial charge in [-0.05, 0) is 48.7 Å². The molecule has 0 aliphatic carbocycles. The van der Waals surface area contributed by atoms with Crippen molar-refractivity contribution in [3.05, 3.63) is 68.1 Å². The number of hydrogen-bond acceptors (Lipinski definition) is 2. The molecule has 0 N–H and O–H groups in total. The van der Waals surface area contributed by atoms with Crippen LogP contribution in [-0.4, -0.2) is 5.78 Å². The first kappa shape index (κ1) is 15.8. The summed E-state index contributed by atoms with van der Waals surface area (Å²) in [6.07, 6.45) is 0. The first-order valence-electron chi connectivity index (χ1n) is 6.40. The van der Waals surface area contributed by atoms with Crippen molar-refractivity contribution in [1.29, 1.82) is 5.26 Å². The molecule has 1 unspecified atom stereocenters. The number of hydrogen-bond donors (Lipinski definition) is 0. The number of benzene rings is 2. The van der Waals surface area contributed by atoms with Gasteiger partial charge < -0.3 is 0 Å². The Morgan fingerprint density at radius 1 is 1.19 bits per heavy atom. The Morgan fingerprint density at radius 2 is 1.90 bits per heavy atom. The van der Waals surface area contributed by atoms with Crippen molar-refractivity contribution in [2.75, 3.05) is 0 Å². The zero-order valence-corrected chi connectivity index (χ0v) is 14.0. The molecule has 2 aromatic carbocycles. The quantitative estimate of drug-likeness (QED) is 0.703. The number of halogens is 2. The van der Waals surface area contributed by atoms with Gasteiger partial charge in [0.25, 0.3) is 0 Å². The summed E-state index contributed by atoms with van der Waals surface area (Å²) in [5.41, 5.74) is 3.24. The molecule has 0 amide bonds. The van der Waals surface area contributed by atoms with Crippen molar-refractivity contribution in [3.8, 4) is 6.07 Å². The van der Waals surface area contributed by atoms with E-state index in [9.17, 15) is 10.1 Å². The van der Waals surface area contributed by atoms with Crippen LogP contribution in [-0.2, 0) is 0 Å². The maximum Gasteiger partial charge on any atom is 0.185 e. The largest absolute Gasteiger partial charge is 0.292 e. The molecule has 1 atom stereocenters. The number of carbonyl (C=O) groups is 1. The Kier molecular flexibility index (Phi) is 4.82. The summed E-state index contributed by atoms with van der Waals surface area (Å²) in [5.74, 6) is -1.14. The van der Waals surface area contributed by atoms with Crippen LogP contribution in [0.4, 0.5) is 0 Å². The Morgan fingerprint density at radius 3 is 2.52 bits per heavy atom. The van der Waals surface area contributed by atoms with Gasteiger partial charge in [0.1, 0.15) is 5.92 Å². The highest BCUT2D eigenvalue weighted by Gasteiger charge is 2.24. The van der Waals surface area contributed by atoms with Gasteiger partial charge in [-0.2, -0.15) is 5.26 Å². The summed E-state index contributed by atoms with van der Waals surface area (Å²) in [7, 11) is 0. The molecule has 2 aromatic rings. The number of nitrogens with zero attached hydrogens (tertiary/aromatic N) is 1. The molecular weight excluding hydrogens is 350 g/mol. The van der Waals surface area contributed by atoms with Crippen LogP contribution in [0, 0.1) is 25.2 Å². The van der Waals surface area contributed by atoms with Gasteiger partial charge in [0.2, 0.25) is 0 Å². The Hall–Kier alpha value is -1.63. The minimum Gasteiger partial charge on any atom is -0.292 e. The highest BCUT2D eigenvalue weighted by atomic mass is 79.9. The molecule has 2 rings (SSSR count). The van der Waals surface area contributed by atoms with E-state index in [0.717, 1.165) is 15.6 Å². The van der Waals surface area contributed by atoms with Gasteiger partial charge in [-0.25, -0.2) is 0 Å². The van der Waals surface area contributed by atoms with Crippen LogP contribution in [0.15, 0.2) is 40.9 Å². The van der Waals surface area contributed by atoms with Crippen LogP contribution in [0.1, 0.15) is 33.0 Å². The second-order valence-corrected chi connectivity index (χ2v) is 6.22. The highest BCUT2D eigenvalue weighted by Crippen LogP contribution is 2.28. The van der Waals surface area contributed by atoms with E-state index >= 15 is 0 Å². The number of nitriles is 1. The smallest absolute Gasteiger partial charge is 0.185 e. The van der Waals surface area contributed by atoms with E-state index in [1.54, 1.807) is 18.2 Å². The van der Waals surface area contributed by atoms with E-state index in [1.165, 1.54) is 0 Å². The zero-order chi connectivity index (χ0) is 15.6. The average molecular weight is 363 g/mol. The van der Waals surface area contributed by atoms with Crippen molar-refractivity contribution < 1.29 is 4.79 Å². The highest BCUT2D eigenvalue weighted by molar-refractivity contribution is 9.10. The molecule has 0 aromatic heterocycles. The monoisotopic (exact) mass is 361 g/mol. The summed E-state index contributed by atoms with van der Waals surface area (Å²) < 4.78 is 0.757. The molecule has 0 aliphatic rings. The maximum atomic E-state index is 12.6. The predicted molar refractivity (Wildman–Crippen MR) is 87.8 cm³/mol. The second-order valence-electron chi connectivity index (χ2n) is 4.89. The van der Waals surface area contributed by atoms with E-state index in [1.807, 2.05) is 32.0 Å². The topological polar surface area (TPSA) is 40.9 Å². The Balaban J connectivity index is 2.46. The molecular formula is C17H13BrClNO. The molecule has 106 valence electrons. The Bertz CT molecular complexity index is 749. The second kappa shape index (κ2) is 6.43. The molecule has 0 saturated heterocycles. The van der Waals surface area contributed by atoms with Crippen LogP contribution in [0.5, 0.6) is 0 Å². The zero-order valence-electron chi connectivity index (χ0n) is 11.7. The molecule has 0 fully saturated rings. The number of ketones is 1. The minimum atomic E-state index is -0.851. The van der Waals surface area contributed by atoms with Gasteiger partial charge in [-0.3, -0.25) is 4.79 Å². The van der Waals surface area contributed by atoms with Crippen molar-refractivity contribution in [2.45, 2.75) is 19.8 Å². The van der Waals surface area contributed by atoms with Crippen LogP contribution in [0.25, 0.3) is 0 Å². The van der Waals surface area contributed by atoms with Gasteiger partial charge in [0, 0.05) is 10.0 Å². The summed E-state index contributed by atoms with van der Waals surface area (Å²) in [4.78, 5) is 12.6. The molecule has 2 nitrogen and oxygen atoms in total. The first-order valence-corrected chi connectivity index (χ1v) is 7.57. The molecule has 0 aliphatic heterocycles. The lowest BCUT2D eigenvalue weighted by atomic mass is 9.90. The SMILES string of the molecule is Cc1ccc(C(C#N)C(=O)c2cc(Br)ccc2Cl)cc1C. The third-order valence-corrected chi connectivity index (χ3v) is 4.27. The fraction of sp³-hybridized carbons (Fsp3) is 0.176.